The van der Waals surface area contributed by atoms with Gasteiger partial charge >= 0.3 is 0 Å². The molecule has 1 atom stereocenters. The Morgan fingerprint density at radius 2 is 1.89 bits per heavy atom. The summed E-state index contributed by atoms with van der Waals surface area (Å²) in [4.78, 5) is 12.2. The third-order valence-electron chi connectivity index (χ3n) is 2.89. The highest BCUT2D eigenvalue weighted by atomic mass is 79.9. The Bertz CT molecular complexity index is 586. The van der Waals surface area contributed by atoms with Gasteiger partial charge in [-0.25, -0.2) is 0 Å². The zero-order chi connectivity index (χ0) is 13.8. The van der Waals surface area contributed by atoms with Crippen molar-refractivity contribution in [2.75, 3.05) is 0 Å². The summed E-state index contributed by atoms with van der Waals surface area (Å²) in [5, 5.41) is 0.572. The molecule has 0 aliphatic carbocycles. The van der Waals surface area contributed by atoms with Gasteiger partial charge in [-0.2, -0.15) is 0 Å². The number of hydrogen-bond donors (Lipinski definition) is 1. The van der Waals surface area contributed by atoms with Crippen molar-refractivity contribution in [1.82, 2.24) is 0 Å². The van der Waals surface area contributed by atoms with Crippen LogP contribution in [0.25, 0.3) is 0 Å². The van der Waals surface area contributed by atoms with Gasteiger partial charge in [0.2, 0.25) is 0 Å². The lowest BCUT2D eigenvalue weighted by molar-refractivity contribution is -0.119. The number of carbonyl (C=O) groups is 1. The van der Waals surface area contributed by atoms with Gasteiger partial charge in [0.25, 0.3) is 0 Å². The Hall–Kier alpha value is -1.16. The zero-order valence-corrected chi connectivity index (χ0v) is 12.5. The molecule has 2 nitrogen and oxygen atoms in total. The number of rotatable bonds is 4. The standard InChI is InChI=1S/C15H13BrClNO/c16-12-7-6-11(13(17)9-12)8-14(19)15(18)10-4-2-1-3-5-10/h1-7,9,15H,8,18H2/t15-/m1/s1. The molecule has 0 saturated carbocycles. The fourth-order valence-electron chi connectivity index (χ4n) is 1.81. The van der Waals surface area contributed by atoms with E-state index in [1.807, 2.05) is 42.5 Å². The van der Waals surface area contributed by atoms with E-state index in [1.54, 1.807) is 6.07 Å². The van der Waals surface area contributed by atoms with Crippen molar-refractivity contribution in [1.29, 1.82) is 0 Å². The van der Waals surface area contributed by atoms with Crippen molar-refractivity contribution in [3.8, 4) is 0 Å². The Labute approximate surface area is 125 Å². The van der Waals surface area contributed by atoms with Crippen LogP contribution in [-0.2, 0) is 11.2 Å². The van der Waals surface area contributed by atoms with Crippen molar-refractivity contribution < 1.29 is 4.79 Å². The summed E-state index contributed by atoms with van der Waals surface area (Å²) in [5.41, 5.74) is 7.58. The minimum atomic E-state index is -0.610. The van der Waals surface area contributed by atoms with Crippen LogP contribution in [0.1, 0.15) is 17.2 Å². The molecule has 0 amide bonds. The minimum Gasteiger partial charge on any atom is -0.318 e. The van der Waals surface area contributed by atoms with Crippen LogP contribution >= 0.6 is 27.5 Å². The van der Waals surface area contributed by atoms with E-state index < -0.39 is 6.04 Å². The van der Waals surface area contributed by atoms with E-state index in [4.69, 9.17) is 17.3 Å². The summed E-state index contributed by atoms with van der Waals surface area (Å²) in [6, 6.07) is 14.2. The second-order valence-electron chi connectivity index (χ2n) is 4.27. The maximum Gasteiger partial charge on any atom is 0.158 e. The molecule has 0 heterocycles. The molecule has 98 valence electrons. The lowest BCUT2D eigenvalue weighted by Gasteiger charge is -2.11. The second kappa shape index (κ2) is 6.33. The Balaban J connectivity index is 2.13. The maximum absolute atomic E-state index is 12.2. The highest BCUT2D eigenvalue weighted by Gasteiger charge is 2.17. The molecule has 0 saturated heterocycles. The number of halogens is 2. The molecule has 0 bridgehead atoms. The fourth-order valence-corrected chi connectivity index (χ4v) is 2.55. The number of hydrogen-bond acceptors (Lipinski definition) is 2. The lowest BCUT2D eigenvalue weighted by Crippen LogP contribution is -2.23. The summed E-state index contributed by atoms with van der Waals surface area (Å²) >= 11 is 9.44. The Kier molecular flexibility index (Phi) is 4.75. The Morgan fingerprint density at radius 1 is 1.21 bits per heavy atom. The van der Waals surface area contributed by atoms with Gasteiger partial charge in [-0.15, -0.1) is 0 Å². The monoisotopic (exact) mass is 337 g/mol. The third-order valence-corrected chi connectivity index (χ3v) is 3.73. The van der Waals surface area contributed by atoms with Gasteiger partial charge in [0.05, 0.1) is 6.04 Å². The predicted octanol–water partition coefficient (Wildman–Crippen LogP) is 3.91. The molecule has 2 aromatic rings. The molecule has 0 unspecified atom stereocenters. The van der Waals surface area contributed by atoms with E-state index >= 15 is 0 Å². The molecule has 2 rings (SSSR count). The average molecular weight is 339 g/mol. The van der Waals surface area contributed by atoms with Gasteiger partial charge < -0.3 is 5.73 Å². The van der Waals surface area contributed by atoms with Crippen molar-refractivity contribution in [3.05, 3.63) is 69.2 Å². The second-order valence-corrected chi connectivity index (χ2v) is 5.59. The first-order chi connectivity index (χ1) is 9.08. The first kappa shape index (κ1) is 14.3. The van der Waals surface area contributed by atoms with E-state index in [9.17, 15) is 4.79 Å². The number of Topliss-reactive ketones (excluding diaryl/α,β-unsaturated/α-hetero) is 1. The molecule has 0 fully saturated rings. The quantitative estimate of drug-likeness (QED) is 0.918. The van der Waals surface area contributed by atoms with Crippen LogP contribution in [0.5, 0.6) is 0 Å². The summed E-state index contributed by atoms with van der Waals surface area (Å²) in [5.74, 6) is -0.0459. The number of ketones is 1. The molecular formula is C15H13BrClNO. The minimum absolute atomic E-state index is 0.0459. The van der Waals surface area contributed by atoms with Gasteiger partial charge in [0.15, 0.2) is 5.78 Å². The topological polar surface area (TPSA) is 43.1 Å². The smallest absolute Gasteiger partial charge is 0.158 e. The molecule has 0 aromatic heterocycles. The summed E-state index contributed by atoms with van der Waals surface area (Å²) in [6.45, 7) is 0. The van der Waals surface area contributed by atoms with Crippen molar-refractivity contribution in [3.63, 3.8) is 0 Å². The highest BCUT2D eigenvalue weighted by molar-refractivity contribution is 9.10. The number of benzene rings is 2. The first-order valence-corrected chi connectivity index (χ1v) is 7.02. The summed E-state index contributed by atoms with van der Waals surface area (Å²) < 4.78 is 0.890. The summed E-state index contributed by atoms with van der Waals surface area (Å²) in [6.07, 6.45) is 0.238. The van der Waals surface area contributed by atoms with Crippen molar-refractivity contribution in [2.24, 2.45) is 5.73 Å². The van der Waals surface area contributed by atoms with Crippen LogP contribution in [-0.4, -0.2) is 5.78 Å². The van der Waals surface area contributed by atoms with E-state index in [-0.39, 0.29) is 12.2 Å². The molecule has 0 aliphatic heterocycles. The number of nitrogens with two attached hydrogens (primary N) is 1. The van der Waals surface area contributed by atoms with Gasteiger partial charge in [0, 0.05) is 15.9 Å². The first-order valence-electron chi connectivity index (χ1n) is 5.85. The van der Waals surface area contributed by atoms with Gasteiger partial charge in [-0.1, -0.05) is 63.9 Å². The molecule has 4 heteroatoms. The van der Waals surface area contributed by atoms with Gasteiger partial charge in [-0.3, -0.25) is 4.79 Å². The lowest BCUT2D eigenvalue weighted by atomic mass is 9.98. The molecule has 0 aliphatic rings. The molecule has 2 aromatic carbocycles. The molecule has 0 radical (unpaired) electrons. The van der Waals surface area contributed by atoms with E-state index in [0.717, 1.165) is 15.6 Å². The highest BCUT2D eigenvalue weighted by Crippen LogP contribution is 2.23. The van der Waals surface area contributed by atoms with E-state index in [0.29, 0.717) is 5.02 Å². The van der Waals surface area contributed by atoms with Crippen LogP contribution in [0, 0.1) is 0 Å². The summed E-state index contributed by atoms with van der Waals surface area (Å²) in [7, 11) is 0. The van der Waals surface area contributed by atoms with Crippen LogP contribution < -0.4 is 5.73 Å². The van der Waals surface area contributed by atoms with Crippen LogP contribution in [0.4, 0.5) is 0 Å². The third kappa shape index (κ3) is 3.66. The zero-order valence-electron chi connectivity index (χ0n) is 10.1. The predicted molar refractivity (Wildman–Crippen MR) is 81.2 cm³/mol. The van der Waals surface area contributed by atoms with Crippen LogP contribution in [0.3, 0.4) is 0 Å². The van der Waals surface area contributed by atoms with Crippen LogP contribution in [0.2, 0.25) is 5.02 Å². The van der Waals surface area contributed by atoms with Crippen LogP contribution in [0.15, 0.2) is 53.0 Å². The van der Waals surface area contributed by atoms with Gasteiger partial charge in [-0.05, 0) is 23.3 Å². The molecule has 2 N–H and O–H groups in total. The van der Waals surface area contributed by atoms with Gasteiger partial charge in [0.1, 0.15) is 0 Å². The Morgan fingerprint density at radius 3 is 2.53 bits per heavy atom. The average Bonchev–Trinajstić information content (AvgIpc) is 2.42. The number of carbonyl (C=O) groups excluding carboxylic acids is 1. The van der Waals surface area contributed by atoms with E-state index in [1.165, 1.54) is 0 Å². The van der Waals surface area contributed by atoms with E-state index in [2.05, 4.69) is 15.9 Å². The SMILES string of the molecule is N[C@@H](C(=O)Cc1ccc(Br)cc1Cl)c1ccccc1. The largest absolute Gasteiger partial charge is 0.318 e. The normalized spacial score (nSPS) is 12.2. The molecule has 19 heavy (non-hydrogen) atoms. The van der Waals surface area contributed by atoms with Crippen molar-refractivity contribution in [2.45, 2.75) is 12.5 Å². The maximum atomic E-state index is 12.2. The van der Waals surface area contributed by atoms with Crippen molar-refractivity contribution >= 4 is 33.3 Å². The fraction of sp³-hybridized carbons (Fsp3) is 0.133. The molecular weight excluding hydrogens is 326 g/mol. The molecule has 0 spiro atoms.